The van der Waals surface area contributed by atoms with Crippen molar-refractivity contribution >= 4 is 5.97 Å². The van der Waals surface area contributed by atoms with Crippen molar-refractivity contribution in [2.45, 2.75) is 62.6 Å². The molecule has 1 saturated heterocycles. The summed E-state index contributed by atoms with van der Waals surface area (Å²) in [6.45, 7) is 2.48. The summed E-state index contributed by atoms with van der Waals surface area (Å²) in [4.78, 5) is 11.6. The first-order valence-electron chi connectivity index (χ1n) is 7.09. The van der Waals surface area contributed by atoms with Crippen molar-refractivity contribution in [2.75, 3.05) is 13.7 Å². The van der Waals surface area contributed by atoms with E-state index in [1.165, 1.54) is 7.05 Å². The quantitative estimate of drug-likeness (QED) is 0.303. The zero-order valence-corrected chi connectivity index (χ0v) is 12.8. The van der Waals surface area contributed by atoms with Gasteiger partial charge in [-0.05, 0) is 20.9 Å². The van der Waals surface area contributed by atoms with Gasteiger partial charge in [0.25, 0.3) is 5.79 Å². The second kappa shape index (κ2) is 7.64. The van der Waals surface area contributed by atoms with Crippen molar-refractivity contribution in [3.8, 4) is 0 Å². The molecule has 9 heteroatoms. The van der Waals surface area contributed by atoms with Crippen molar-refractivity contribution < 1.29 is 39.8 Å². The fourth-order valence-electron chi connectivity index (χ4n) is 2.57. The maximum absolute atomic E-state index is 11.6. The maximum atomic E-state index is 11.6. The molecule has 1 heterocycles. The highest BCUT2D eigenvalue weighted by molar-refractivity contribution is 5.76. The number of nitrogens with one attached hydrogen (secondary N) is 1. The Kier molecular flexibility index (Phi) is 6.68. The summed E-state index contributed by atoms with van der Waals surface area (Å²) in [6, 6.07) is -0.834. The minimum atomic E-state index is -2.14. The average Bonchev–Trinajstić information content (AvgIpc) is 2.44. The van der Waals surface area contributed by atoms with Crippen molar-refractivity contribution in [3.63, 3.8) is 0 Å². The van der Waals surface area contributed by atoms with Gasteiger partial charge in [-0.1, -0.05) is 0 Å². The predicted octanol–water partition coefficient (Wildman–Crippen LogP) is -2.36. The normalized spacial score (nSPS) is 35.4. The van der Waals surface area contributed by atoms with E-state index < -0.39 is 54.9 Å². The number of carboxylic acid groups (broad SMARTS) is 1. The molecule has 0 aliphatic carbocycles. The number of aliphatic hydroxyl groups is 4. The van der Waals surface area contributed by atoms with Crippen molar-refractivity contribution in [2.24, 2.45) is 0 Å². The third-order valence-corrected chi connectivity index (χ3v) is 3.58. The topological polar surface area (TPSA) is 149 Å². The van der Waals surface area contributed by atoms with Crippen LogP contribution in [0.4, 0.5) is 0 Å². The van der Waals surface area contributed by atoms with Crippen LogP contribution < -0.4 is 5.32 Å². The van der Waals surface area contributed by atoms with E-state index in [0.29, 0.717) is 0 Å². The molecule has 0 aromatic heterocycles. The lowest BCUT2D eigenvalue weighted by Crippen LogP contribution is -2.67. The summed E-state index contributed by atoms with van der Waals surface area (Å²) in [5.74, 6) is -3.58. The van der Waals surface area contributed by atoms with Crippen molar-refractivity contribution in [1.82, 2.24) is 5.32 Å². The molecule has 6 atom stereocenters. The van der Waals surface area contributed by atoms with Gasteiger partial charge in [-0.25, -0.2) is 4.79 Å². The lowest BCUT2D eigenvalue weighted by Gasteiger charge is -2.46. The average molecular weight is 323 g/mol. The second-order valence-corrected chi connectivity index (χ2v) is 5.63. The van der Waals surface area contributed by atoms with E-state index in [-0.39, 0.29) is 6.42 Å². The maximum Gasteiger partial charge on any atom is 0.364 e. The van der Waals surface area contributed by atoms with Gasteiger partial charge in [0.1, 0.15) is 18.3 Å². The summed E-state index contributed by atoms with van der Waals surface area (Å²) >= 11 is 0. The molecule has 0 bridgehead atoms. The van der Waals surface area contributed by atoms with Gasteiger partial charge >= 0.3 is 5.97 Å². The Morgan fingerprint density at radius 2 is 2.05 bits per heavy atom. The Bertz CT molecular complexity index is 379. The number of ether oxygens (including phenoxy) is 2. The third kappa shape index (κ3) is 3.93. The molecule has 9 nitrogen and oxygen atoms in total. The van der Waals surface area contributed by atoms with E-state index in [1.54, 1.807) is 13.8 Å². The van der Waals surface area contributed by atoms with Gasteiger partial charge in [0.2, 0.25) is 0 Å². The Hall–Kier alpha value is -0.810. The zero-order valence-electron chi connectivity index (χ0n) is 12.8. The van der Waals surface area contributed by atoms with Crippen LogP contribution in [0.1, 0.15) is 20.3 Å². The van der Waals surface area contributed by atoms with Gasteiger partial charge in [-0.2, -0.15) is 0 Å². The lowest BCUT2D eigenvalue weighted by atomic mass is 9.88. The van der Waals surface area contributed by atoms with E-state index in [9.17, 15) is 25.2 Å². The fourth-order valence-corrected chi connectivity index (χ4v) is 2.57. The molecular weight excluding hydrogens is 298 g/mol. The van der Waals surface area contributed by atoms with Gasteiger partial charge in [0.15, 0.2) is 0 Å². The summed E-state index contributed by atoms with van der Waals surface area (Å²) in [6.07, 6.45) is -6.48. The van der Waals surface area contributed by atoms with Gasteiger partial charge in [0, 0.05) is 6.42 Å². The summed E-state index contributed by atoms with van der Waals surface area (Å²) in [5.41, 5.74) is 0. The third-order valence-electron chi connectivity index (χ3n) is 3.58. The highest BCUT2D eigenvalue weighted by atomic mass is 16.7. The van der Waals surface area contributed by atoms with Crippen LogP contribution in [0.25, 0.3) is 0 Å². The molecule has 0 amide bonds. The number of rotatable bonds is 7. The minimum Gasteiger partial charge on any atom is -0.477 e. The van der Waals surface area contributed by atoms with Crippen molar-refractivity contribution in [1.29, 1.82) is 0 Å². The second-order valence-electron chi connectivity index (χ2n) is 5.63. The largest absolute Gasteiger partial charge is 0.477 e. The van der Waals surface area contributed by atoms with Crippen LogP contribution in [-0.4, -0.2) is 87.5 Å². The van der Waals surface area contributed by atoms with E-state index in [0.717, 1.165) is 0 Å². The number of likely N-dealkylation sites (N-methyl/N-ethyl adjacent to an activating group) is 1. The monoisotopic (exact) mass is 323 g/mol. The molecule has 6 N–H and O–H groups in total. The van der Waals surface area contributed by atoms with E-state index >= 15 is 0 Å². The van der Waals surface area contributed by atoms with Gasteiger partial charge in [-0.3, -0.25) is 0 Å². The van der Waals surface area contributed by atoms with Crippen LogP contribution in [0.3, 0.4) is 0 Å². The molecule has 130 valence electrons. The zero-order chi connectivity index (χ0) is 17.1. The van der Waals surface area contributed by atoms with Crippen LogP contribution in [0.5, 0.6) is 0 Å². The highest BCUT2D eigenvalue weighted by Gasteiger charge is 2.55. The molecule has 22 heavy (non-hydrogen) atoms. The first kappa shape index (κ1) is 19.2. The summed E-state index contributed by atoms with van der Waals surface area (Å²) in [7, 11) is 1.50. The molecule has 1 aliphatic heterocycles. The molecular formula is C13H25NO8. The van der Waals surface area contributed by atoms with E-state index in [2.05, 4.69) is 5.32 Å². The molecule has 1 aliphatic rings. The van der Waals surface area contributed by atoms with Crippen LogP contribution in [-0.2, 0) is 14.3 Å². The van der Waals surface area contributed by atoms with Crippen LogP contribution in [0, 0.1) is 0 Å². The number of hydrogen-bond donors (Lipinski definition) is 6. The number of hydrogen-bond acceptors (Lipinski definition) is 8. The SMILES string of the molecule is CNC1C(O)CC(OC(C)C)(C(=O)O)OC1C(O)C(O)CO. The predicted molar refractivity (Wildman–Crippen MR) is 74.0 cm³/mol. The molecule has 0 saturated carbocycles. The standard InChI is InChI=1S/C13H25NO8/c1-6(2)21-13(12(19)20)4-7(16)9(14-3)11(22-13)10(18)8(17)5-15/h6-11,14-18H,4-5H2,1-3H3,(H,19,20). The smallest absolute Gasteiger partial charge is 0.364 e. The number of aliphatic carboxylic acids is 1. The molecule has 0 aromatic carbocycles. The van der Waals surface area contributed by atoms with E-state index in [4.69, 9.17) is 14.6 Å². The van der Waals surface area contributed by atoms with Crippen LogP contribution in [0.2, 0.25) is 0 Å². The Morgan fingerprint density at radius 3 is 2.45 bits per heavy atom. The number of carbonyl (C=O) groups is 1. The molecule has 1 fully saturated rings. The van der Waals surface area contributed by atoms with Gasteiger partial charge in [-0.15, -0.1) is 0 Å². The Morgan fingerprint density at radius 1 is 1.45 bits per heavy atom. The summed E-state index contributed by atoms with van der Waals surface area (Å²) in [5, 5.41) is 51.0. The number of carboxylic acids is 1. The molecule has 0 spiro atoms. The van der Waals surface area contributed by atoms with Crippen LogP contribution >= 0.6 is 0 Å². The Balaban J connectivity index is 3.13. The van der Waals surface area contributed by atoms with E-state index in [1.807, 2.05) is 0 Å². The lowest BCUT2D eigenvalue weighted by molar-refractivity contribution is -0.319. The first-order chi connectivity index (χ1) is 10.2. The molecule has 6 unspecified atom stereocenters. The minimum absolute atomic E-state index is 0.343. The van der Waals surface area contributed by atoms with Gasteiger partial charge in [0.05, 0.1) is 24.9 Å². The highest BCUT2D eigenvalue weighted by Crippen LogP contribution is 2.34. The number of aliphatic hydroxyl groups excluding tert-OH is 4. The molecule has 0 radical (unpaired) electrons. The fraction of sp³-hybridized carbons (Fsp3) is 0.923. The summed E-state index contributed by atoms with van der Waals surface area (Å²) < 4.78 is 10.8. The Labute approximate surface area is 128 Å². The first-order valence-corrected chi connectivity index (χ1v) is 7.09. The van der Waals surface area contributed by atoms with Crippen LogP contribution in [0.15, 0.2) is 0 Å². The molecule has 0 aromatic rings. The van der Waals surface area contributed by atoms with Crippen molar-refractivity contribution in [3.05, 3.63) is 0 Å². The van der Waals surface area contributed by atoms with Gasteiger partial charge < -0.3 is 40.3 Å². The molecule has 1 rings (SSSR count).